The molecule has 0 aliphatic carbocycles. The number of rotatable bonds is 7. The van der Waals surface area contributed by atoms with Crippen LogP contribution in [0.1, 0.15) is 40.1 Å². The number of amides is 1. The normalized spacial score (nSPS) is 10.3. The van der Waals surface area contributed by atoms with E-state index in [-0.39, 0.29) is 11.7 Å². The predicted molar refractivity (Wildman–Crippen MR) is 85.5 cm³/mol. The molecule has 0 spiro atoms. The minimum absolute atomic E-state index is 0.00504. The van der Waals surface area contributed by atoms with Crippen molar-refractivity contribution < 1.29 is 9.59 Å². The quantitative estimate of drug-likeness (QED) is 0.792. The second-order valence-corrected chi connectivity index (χ2v) is 5.96. The number of thiophene rings is 1. The zero-order valence-corrected chi connectivity index (χ0v) is 12.9. The van der Waals surface area contributed by atoms with Gasteiger partial charge in [-0.05, 0) is 30.4 Å². The topological polar surface area (TPSA) is 46.2 Å². The van der Waals surface area contributed by atoms with Gasteiger partial charge >= 0.3 is 0 Å². The first-order valence-corrected chi connectivity index (χ1v) is 7.92. The van der Waals surface area contributed by atoms with Gasteiger partial charge in [0, 0.05) is 19.4 Å². The lowest BCUT2D eigenvalue weighted by atomic mass is 10.1. The van der Waals surface area contributed by atoms with Crippen molar-refractivity contribution in [1.29, 1.82) is 0 Å². The Bertz CT molecular complexity index is 588. The summed E-state index contributed by atoms with van der Waals surface area (Å²) >= 11 is 1.45. The van der Waals surface area contributed by atoms with Gasteiger partial charge < -0.3 is 5.32 Å². The van der Waals surface area contributed by atoms with Gasteiger partial charge in [-0.15, -0.1) is 11.3 Å². The van der Waals surface area contributed by atoms with Gasteiger partial charge in [-0.25, -0.2) is 0 Å². The molecule has 1 amide bonds. The zero-order chi connectivity index (χ0) is 15.1. The average Bonchev–Trinajstić information content (AvgIpc) is 3.01. The Morgan fingerprint density at radius 1 is 1.10 bits per heavy atom. The molecule has 0 fully saturated rings. The number of carbonyl (C=O) groups is 2. The molecule has 0 unspecified atom stereocenters. The maximum Gasteiger partial charge on any atom is 0.220 e. The van der Waals surface area contributed by atoms with Crippen molar-refractivity contribution in [2.24, 2.45) is 0 Å². The summed E-state index contributed by atoms with van der Waals surface area (Å²) in [6.07, 6.45) is 1.41. The largest absolute Gasteiger partial charge is 0.352 e. The van der Waals surface area contributed by atoms with Gasteiger partial charge in [-0.3, -0.25) is 9.59 Å². The fourth-order valence-corrected chi connectivity index (χ4v) is 2.66. The average molecular weight is 301 g/mol. The lowest BCUT2D eigenvalue weighted by Gasteiger charge is -2.05. The Hall–Kier alpha value is -1.94. The fourth-order valence-electron chi connectivity index (χ4n) is 1.96. The fraction of sp³-hybridized carbons (Fsp3) is 0.294. The van der Waals surface area contributed by atoms with Crippen LogP contribution in [0.2, 0.25) is 0 Å². The van der Waals surface area contributed by atoms with Gasteiger partial charge in [0.15, 0.2) is 5.78 Å². The highest BCUT2D eigenvalue weighted by atomic mass is 32.1. The SMILES string of the molecule is Cc1ccc(CNC(=O)CCCC(=O)c2cccs2)cc1. The van der Waals surface area contributed by atoms with Crippen molar-refractivity contribution >= 4 is 23.0 Å². The molecular weight excluding hydrogens is 282 g/mol. The molecule has 0 aliphatic heterocycles. The van der Waals surface area contributed by atoms with Crippen LogP contribution in [0, 0.1) is 6.92 Å². The summed E-state index contributed by atoms with van der Waals surface area (Å²) < 4.78 is 0. The number of benzene rings is 1. The minimum atomic E-state index is -0.00504. The van der Waals surface area contributed by atoms with Crippen molar-refractivity contribution in [2.75, 3.05) is 0 Å². The van der Waals surface area contributed by atoms with Crippen LogP contribution >= 0.6 is 11.3 Å². The number of Topliss-reactive ketones (excluding diaryl/α,β-unsaturated/α-hetero) is 1. The van der Waals surface area contributed by atoms with E-state index < -0.39 is 0 Å². The summed E-state index contributed by atoms with van der Waals surface area (Å²) in [5.41, 5.74) is 2.29. The molecule has 0 bridgehead atoms. The molecule has 0 saturated heterocycles. The minimum Gasteiger partial charge on any atom is -0.352 e. The van der Waals surface area contributed by atoms with Crippen molar-refractivity contribution in [1.82, 2.24) is 5.32 Å². The first kappa shape index (κ1) is 15.4. The summed E-state index contributed by atoms with van der Waals surface area (Å²) in [4.78, 5) is 24.3. The van der Waals surface area contributed by atoms with E-state index >= 15 is 0 Å². The molecule has 4 heteroatoms. The Kier molecular flexibility index (Phi) is 5.69. The monoisotopic (exact) mass is 301 g/mol. The third-order valence-corrected chi connectivity index (χ3v) is 4.12. The van der Waals surface area contributed by atoms with Crippen LogP contribution in [0.5, 0.6) is 0 Å². The number of ketones is 1. The van der Waals surface area contributed by atoms with E-state index in [4.69, 9.17) is 0 Å². The highest BCUT2D eigenvalue weighted by molar-refractivity contribution is 7.12. The maximum absolute atomic E-state index is 11.8. The zero-order valence-electron chi connectivity index (χ0n) is 12.1. The number of nitrogens with one attached hydrogen (secondary N) is 1. The molecule has 0 aliphatic rings. The Morgan fingerprint density at radius 2 is 1.86 bits per heavy atom. The smallest absolute Gasteiger partial charge is 0.220 e. The van der Waals surface area contributed by atoms with E-state index in [1.165, 1.54) is 16.9 Å². The van der Waals surface area contributed by atoms with Crippen LogP contribution < -0.4 is 5.32 Å². The Balaban J connectivity index is 1.66. The van der Waals surface area contributed by atoms with Crippen LogP contribution in [0.4, 0.5) is 0 Å². The highest BCUT2D eigenvalue weighted by Gasteiger charge is 2.08. The van der Waals surface area contributed by atoms with Gasteiger partial charge in [-0.2, -0.15) is 0 Å². The van der Waals surface area contributed by atoms with Crippen molar-refractivity contribution in [2.45, 2.75) is 32.7 Å². The Morgan fingerprint density at radius 3 is 2.52 bits per heavy atom. The molecule has 2 rings (SSSR count). The van der Waals surface area contributed by atoms with Crippen molar-refractivity contribution in [3.05, 3.63) is 57.8 Å². The molecule has 3 nitrogen and oxygen atoms in total. The second-order valence-electron chi connectivity index (χ2n) is 5.02. The molecule has 0 radical (unpaired) electrons. The van der Waals surface area contributed by atoms with Crippen LogP contribution in [0.25, 0.3) is 0 Å². The molecular formula is C17H19NO2S. The lowest BCUT2D eigenvalue weighted by Crippen LogP contribution is -2.22. The van der Waals surface area contributed by atoms with E-state index in [9.17, 15) is 9.59 Å². The molecule has 0 saturated carbocycles. The molecule has 2 aromatic rings. The molecule has 21 heavy (non-hydrogen) atoms. The molecule has 0 atom stereocenters. The van der Waals surface area contributed by atoms with Crippen LogP contribution in [-0.2, 0) is 11.3 Å². The summed E-state index contributed by atoms with van der Waals surface area (Å²) in [5.74, 6) is 0.117. The van der Waals surface area contributed by atoms with Gasteiger partial charge in [0.1, 0.15) is 0 Å². The molecule has 1 aromatic carbocycles. The highest BCUT2D eigenvalue weighted by Crippen LogP contribution is 2.13. The standard InChI is InChI=1S/C17H19NO2S/c1-13-7-9-14(10-8-13)12-18-17(20)6-2-4-15(19)16-5-3-11-21-16/h3,5,7-11H,2,4,6,12H2,1H3,(H,18,20). The maximum atomic E-state index is 11.8. The van der Waals surface area contributed by atoms with Crippen molar-refractivity contribution in [3.63, 3.8) is 0 Å². The third kappa shape index (κ3) is 5.16. The van der Waals surface area contributed by atoms with Crippen LogP contribution in [0.15, 0.2) is 41.8 Å². The van der Waals surface area contributed by atoms with E-state index in [1.54, 1.807) is 0 Å². The molecule has 1 aromatic heterocycles. The van der Waals surface area contributed by atoms with Crippen LogP contribution in [0.3, 0.4) is 0 Å². The molecule has 110 valence electrons. The van der Waals surface area contributed by atoms with Crippen LogP contribution in [-0.4, -0.2) is 11.7 Å². The first-order valence-electron chi connectivity index (χ1n) is 7.04. The predicted octanol–water partition coefficient (Wildman–Crippen LogP) is 3.73. The summed E-state index contributed by atoms with van der Waals surface area (Å²) in [6, 6.07) is 11.8. The molecule has 1 heterocycles. The van der Waals surface area contributed by atoms with Gasteiger partial charge in [0.25, 0.3) is 0 Å². The van der Waals surface area contributed by atoms with Crippen molar-refractivity contribution in [3.8, 4) is 0 Å². The van der Waals surface area contributed by atoms with Gasteiger partial charge in [-0.1, -0.05) is 35.9 Å². The number of aryl methyl sites for hydroxylation is 1. The number of hydrogen-bond acceptors (Lipinski definition) is 3. The number of carbonyl (C=O) groups excluding carboxylic acids is 2. The van der Waals surface area contributed by atoms with Gasteiger partial charge in [0.05, 0.1) is 4.88 Å². The summed E-state index contributed by atoms with van der Waals surface area (Å²) in [5, 5.41) is 4.77. The second kappa shape index (κ2) is 7.74. The third-order valence-electron chi connectivity index (χ3n) is 3.21. The first-order chi connectivity index (χ1) is 10.1. The van der Waals surface area contributed by atoms with Gasteiger partial charge in [0.2, 0.25) is 5.91 Å². The van der Waals surface area contributed by atoms with E-state index in [0.717, 1.165) is 10.4 Å². The summed E-state index contributed by atoms with van der Waals surface area (Å²) in [7, 11) is 0. The number of hydrogen-bond donors (Lipinski definition) is 1. The Labute approximate surface area is 129 Å². The van der Waals surface area contributed by atoms with E-state index in [0.29, 0.717) is 25.8 Å². The summed E-state index contributed by atoms with van der Waals surface area (Å²) in [6.45, 7) is 2.57. The van der Waals surface area contributed by atoms with E-state index in [2.05, 4.69) is 5.32 Å². The molecule has 1 N–H and O–H groups in total. The lowest BCUT2D eigenvalue weighted by molar-refractivity contribution is -0.121. The van der Waals surface area contributed by atoms with E-state index in [1.807, 2.05) is 48.7 Å².